The molecule has 0 atom stereocenters. The predicted molar refractivity (Wildman–Crippen MR) is 44.3 cm³/mol. The van der Waals surface area contributed by atoms with Crippen LogP contribution in [0.1, 0.15) is 32.1 Å². The van der Waals surface area contributed by atoms with Gasteiger partial charge in [-0.3, -0.25) is 4.79 Å². The fraction of sp³-hybridized carbons (Fsp3) is 0.667. The molecule has 0 aromatic heterocycles. The molecule has 3 nitrogen and oxygen atoms in total. The number of rotatable bonds is 3. The summed E-state index contributed by atoms with van der Waals surface area (Å²) in [5, 5.41) is 8.45. The first-order valence-corrected chi connectivity index (χ1v) is 4.33. The third-order valence-electron chi connectivity index (χ3n) is 1.81. The maximum atomic E-state index is 10.9. The van der Waals surface area contributed by atoms with Crippen molar-refractivity contribution < 1.29 is 14.6 Å². The summed E-state index contributed by atoms with van der Waals surface area (Å²) < 4.78 is 4.99. The highest BCUT2D eigenvalue weighted by atomic mass is 16.5. The molecule has 0 amide bonds. The van der Waals surface area contributed by atoms with Crippen LogP contribution in [0.4, 0.5) is 0 Å². The van der Waals surface area contributed by atoms with Crippen LogP contribution in [0.15, 0.2) is 11.8 Å². The molecule has 1 N–H and O–H groups in total. The summed E-state index contributed by atoms with van der Waals surface area (Å²) in [5.41, 5.74) is 0. The second-order valence-corrected chi connectivity index (χ2v) is 2.86. The molecule has 1 aliphatic rings. The zero-order valence-electron chi connectivity index (χ0n) is 7.08. The van der Waals surface area contributed by atoms with E-state index in [0.717, 1.165) is 25.0 Å². The highest BCUT2D eigenvalue weighted by Crippen LogP contribution is 2.18. The van der Waals surface area contributed by atoms with E-state index in [4.69, 9.17) is 9.84 Å². The van der Waals surface area contributed by atoms with Gasteiger partial charge < -0.3 is 9.84 Å². The van der Waals surface area contributed by atoms with E-state index in [0.29, 0.717) is 0 Å². The summed E-state index contributed by atoms with van der Waals surface area (Å²) in [6.07, 6.45) is 6.19. The van der Waals surface area contributed by atoms with Gasteiger partial charge in [-0.05, 0) is 25.3 Å². The standard InChI is InChI=1S/C9H14O3/c10-7-6-9(11)12-8-4-2-1-3-5-8/h4,10H,1-3,5-7H2. The Bertz CT molecular complexity index is 184. The molecule has 0 heterocycles. The van der Waals surface area contributed by atoms with Crippen molar-refractivity contribution in [3.8, 4) is 0 Å². The van der Waals surface area contributed by atoms with Crippen LogP contribution >= 0.6 is 0 Å². The largest absolute Gasteiger partial charge is 0.431 e. The molecule has 0 radical (unpaired) electrons. The molecule has 0 aromatic carbocycles. The summed E-state index contributed by atoms with van der Waals surface area (Å²) >= 11 is 0. The fourth-order valence-electron chi connectivity index (χ4n) is 1.19. The lowest BCUT2D eigenvalue weighted by atomic mass is 10.1. The molecule has 0 aliphatic heterocycles. The Labute approximate surface area is 72.0 Å². The Morgan fingerprint density at radius 2 is 2.42 bits per heavy atom. The van der Waals surface area contributed by atoms with Crippen molar-refractivity contribution in [3.63, 3.8) is 0 Å². The minimum atomic E-state index is -0.328. The summed E-state index contributed by atoms with van der Waals surface area (Å²) in [7, 11) is 0. The van der Waals surface area contributed by atoms with Crippen LogP contribution < -0.4 is 0 Å². The third kappa shape index (κ3) is 3.05. The van der Waals surface area contributed by atoms with Crippen LogP contribution in [-0.2, 0) is 9.53 Å². The van der Waals surface area contributed by atoms with E-state index in [9.17, 15) is 4.79 Å². The zero-order valence-corrected chi connectivity index (χ0v) is 7.08. The van der Waals surface area contributed by atoms with Gasteiger partial charge in [-0.1, -0.05) is 0 Å². The van der Waals surface area contributed by atoms with Crippen LogP contribution in [0.3, 0.4) is 0 Å². The van der Waals surface area contributed by atoms with Crippen molar-refractivity contribution in [3.05, 3.63) is 11.8 Å². The summed E-state index contributed by atoms with van der Waals surface area (Å²) in [5.74, 6) is 0.449. The average molecular weight is 170 g/mol. The number of allylic oxidation sites excluding steroid dienone is 2. The third-order valence-corrected chi connectivity index (χ3v) is 1.81. The molecule has 1 rings (SSSR count). The number of carbonyl (C=O) groups is 1. The van der Waals surface area contributed by atoms with Crippen LogP contribution in [0.2, 0.25) is 0 Å². The van der Waals surface area contributed by atoms with Gasteiger partial charge in [0.2, 0.25) is 0 Å². The molecular formula is C9H14O3. The monoisotopic (exact) mass is 170 g/mol. The van der Waals surface area contributed by atoms with Gasteiger partial charge in [-0.25, -0.2) is 0 Å². The average Bonchev–Trinajstić information content (AvgIpc) is 2.06. The number of aliphatic hydroxyl groups excluding tert-OH is 1. The molecule has 3 heteroatoms. The van der Waals surface area contributed by atoms with E-state index in [1.54, 1.807) is 0 Å². The van der Waals surface area contributed by atoms with Gasteiger partial charge in [0.1, 0.15) is 5.76 Å². The molecule has 0 saturated carbocycles. The number of hydrogen-bond acceptors (Lipinski definition) is 3. The van der Waals surface area contributed by atoms with Gasteiger partial charge in [0, 0.05) is 6.42 Å². The lowest BCUT2D eigenvalue weighted by molar-refractivity contribution is -0.140. The SMILES string of the molecule is O=C(CCO)OC1=CCCCC1. The highest BCUT2D eigenvalue weighted by Gasteiger charge is 2.08. The van der Waals surface area contributed by atoms with Crippen molar-refractivity contribution in [2.45, 2.75) is 32.1 Å². The molecular weight excluding hydrogens is 156 g/mol. The first-order chi connectivity index (χ1) is 5.83. The van der Waals surface area contributed by atoms with E-state index in [1.165, 1.54) is 6.42 Å². The molecule has 0 aromatic rings. The Balaban J connectivity index is 2.29. The van der Waals surface area contributed by atoms with Gasteiger partial charge in [0.25, 0.3) is 0 Å². The molecule has 0 unspecified atom stereocenters. The Morgan fingerprint density at radius 1 is 1.58 bits per heavy atom. The van der Waals surface area contributed by atoms with Gasteiger partial charge in [-0.2, -0.15) is 0 Å². The highest BCUT2D eigenvalue weighted by molar-refractivity contribution is 5.70. The molecule has 0 fully saturated rings. The maximum Gasteiger partial charge on any atom is 0.313 e. The van der Waals surface area contributed by atoms with E-state index < -0.39 is 0 Å². The Hall–Kier alpha value is -0.830. The number of ether oxygens (including phenoxy) is 1. The smallest absolute Gasteiger partial charge is 0.313 e. The first-order valence-electron chi connectivity index (χ1n) is 4.33. The van der Waals surface area contributed by atoms with Gasteiger partial charge in [0.05, 0.1) is 13.0 Å². The van der Waals surface area contributed by atoms with E-state index in [-0.39, 0.29) is 19.0 Å². The van der Waals surface area contributed by atoms with E-state index in [1.807, 2.05) is 6.08 Å². The van der Waals surface area contributed by atoms with Crippen LogP contribution in [-0.4, -0.2) is 17.7 Å². The van der Waals surface area contributed by atoms with Crippen molar-refractivity contribution in [2.75, 3.05) is 6.61 Å². The van der Waals surface area contributed by atoms with Crippen molar-refractivity contribution >= 4 is 5.97 Å². The quantitative estimate of drug-likeness (QED) is 0.651. The predicted octanol–water partition coefficient (Wildman–Crippen LogP) is 1.37. The Kier molecular flexibility index (Phi) is 3.80. The van der Waals surface area contributed by atoms with Gasteiger partial charge >= 0.3 is 5.97 Å². The molecule has 1 aliphatic carbocycles. The second kappa shape index (κ2) is 4.93. The fourth-order valence-corrected chi connectivity index (χ4v) is 1.19. The van der Waals surface area contributed by atoms with Crippen LogP contribution in [0.5, 0.6) is 0 Å². The number of carbonyl (C=O) groups excluding carboxylic acids is 1. The van der Waals surface area contributed by atoms with Crippen molar-refractivity contribution in [1.29, 1.82) is 0 Å². The van der Waals surface area contributed by atoms with Gasteiger partial charge in [-0.15, -0.1) is 0 Å². The zero-order chi connectivity index (χ0) is 8.81. The van der Waals surface area contributed by atoms with Gasteiger partial charge in [0.15, 0.2) is 0 Å². The van der Waals surface area contributed by atoms with E-state index in [2.05, 4.69) is 0 Å². The van der Waals surface area contributed by atoms with Crippen molar-refractivity contribution in [1.82, 2.24) is 0 Å². The number of aliphatic hydroxyl groups is 1. The summed E-state index contributed by atoms with van der Waals surface area (Å²) in [6, 6.07) is 0. The molecule has 0 saturated heterocycles. The van der Waals surface area contributed by atoms with Crippen LogP contribution in [0.25, 0.3) is 0 Å². The summed E-state index contributed by atoms with van der Waals surface area (Å²) in [4.78, 5) is 10.9. The lowest BCUT2D eigenvalue weighted by Crippen LogP contribution is -2.07. The minimum absolute atomic E-state index is 0.0946. The number of hydrogen-bond donors (Lipinski definition) is 1. The normalized spacial score (nSPS) is 16.9. The number of esters is 1. The maximum absolute atomic E-state index is 10.9. The lowest BCUT2D eigenvalue weighted by Gasteiger charge is -2.11. The second-order valence-electron chi connectivity index (χ2n) is 2.86. The summed E-state index contributed by atoms with van der Waals surface area (Å²) in [6.45, 7) is -0.133. The molecule has 68 valence electrons. The van der Waals surface area contributed by atoms with E-state index >= 15 is 0 Å². The Morgan fingerprint density at radius 3 is 3.00 bits per heavy atom. The topological polar surface area (TPSA) is 46.5 Å². The first kappa shape index (κ1) is 9.26. The van der Waals surface area contributed by atoms with Crippen LogP contribution in [0, 0.1) is 0 Å². The van der Waals surface area contributed by atoms with Crippen molar-refractivity contribution in [2.24, 2.45) is 0 Å². The molecule has 0 bridgehead atoms. The molecule has 12 heavy (non-hydrogen) atoms. The molecule has 0 spiro atoms. The minimum Gasteiger partial charge on any atom is -0.431 e.